The van der Waals surface area contributed by atoms with E-state index in [2.05, 4.69) is 10.0 Å². The van der Waals surface area contributed by atoms with Crippen molar-refractivity contribution in [2.75, 3.05) is 11.9 Å². The lowest BCUT2D eigenvalue weighted by Gasteiger charge is -2.12. The van der Waals surface area contributed by atoms with Crippen LogP contribution in [0.2, 0.25) is 0 Å². The average molecular weight is 297 g/mol. The van der Waals surface area contributed by atoms with Crippen LogP contribution in [0.3, 0.4) is 0 Å². The minimum atomic E-state index is -3.60. The summed E-state index contributed by atoms with van der Waals surface area (Å²) in [5, 5.41) is 2.71. The lowest BCUT2D eigenvalue weighted by atomic mass is 10.0. The van der Waals surface area contributed by atoms with E-state index in [1.165, 1.54) is 12.1 Å². The van der Waals surface area contributed by atoms with Gasteiger partial charge in [0.25, 0.3) is 0 Å². The van der Waals surface area contributed by atoms with Gasteiger partial charge < -0.3 is 11.1 Å². The first-order chi connectivity index (χ1) is 9.35. The topological polar surface area (TPSA) is 101 Å². The predicted molar refractivity (Wildman–Crippen MR) is 76.9 cm³/mol. The molecule has 4 N–H and O–H groups in total. The van der Waals surface area contributed by atoms with Crippen LogP contribution in [0.25, 0.3) is 0 Å². The fraction of sp³-hybridized carbons (Fsp3) is 0.462. The van der Waals surface area contributed by atoms with Crippen LogP contribution in [0.1, 0.15) is 31.7 Å². The smallest absolute Gasteiger partial charge is 0.240 e. The van der Waals surface area contributed by atoms with Crippen molar-refractivity contribution in [3.8, 4) is 0 Å². The Morgan fingerprint density at radius 1 is 1.45 bits per heavy atom. The van der Waals surface area contributed by atoms with E-state index in [9.17, 15) is 13.2 Å². The zero-order valence-electron chi connectivity index (χ0n) is 11.5. The number of nitrogens with one attached hydrogen (secondary N) is 2. The molecule has 1 aromatic carbocycles. The van der Waals surface area contributed by atoms with Crippen LogP contribution >= 0.6 is 0 Å². The Hall–Kier alpha value is -1.44. The molecule has 1 aliphatic heterocycles. The summed E-state index contributed by atoms with van der Waals surface area (Å²) >= 11 is 0. The molecule has 1 amide bonds. The van der Waals surface area contributed by atoms with Crippen LogP contribution in [0.15, 0.2) is 23.1 Å². The minimum absolute atomic E-state index is 0.115. The highest BCUT2D eigenvalue weighted by Gasteiger charge is 2.28. The Balaban J connectivity index is 2.24. The largest absolute Gasteiger partial charge is 0.327 e. The van der Waals surface area contributed by atoms with Crippen molar-refractivity contribution in [1.82, 2.24) is 4.72 Å². The van der Waals surface area contributed by atoms with Gasteiger partial charge in [-0.1, -0.05) is 6.92 Å². The molecule has 1 aliphatic rings. The number of nitrogens with two attached hydrogens (primary N) is 1. The first-order valence-corrected chi connectivity index (χ1v) is 8.03. The molecular formula is C13H19N3O3S. The lowest BCUT2D eigenvalue weighted by Crippen LogP contribution is -2.36. The van der Waals surface area contributed by atoms with Gasteiger partial charge in [-0.25, -0.2) is 13.1 Å². The number of amides is 1. The number of carbonyl (C=O) groups excluding carboxylic acids is 1. The third-order valence-corrected chi connectivity index (χ3v) is 4.93. The van der Waals surface area contributed by atoms with Gasteiger partial charge in [0.1, 0.15) is 0 Å². The number of hydrogen-bond acceptors (Lipinski definition) is 4. The van der Waals surface area contributed by atoms with E-state index in [-0.39, 0.29) is 29.3 Å². The Labute approximate surface area is 118 Å². The van der Waals surface area contributed by atoms with Crippen LogP contribution in [0.5, 0.6) is 0 Å². The highest BCUT2D eigenvalue weighted by atomic mass is 32.2. The first kappa shape index (κ1) is 15.0. The number of sulfonamides is 1. The Morgan fingerprint density at radius 2 is 2.15 bits per heavy atom. The molecular weight excluding hydrogens is 278 g/mol. The van der Waals surface area contributed by atoms with E-state index >= 15 is 0 Å². The molecule has 0 fully saturated rings. The lowest BCUT2D eigenvalue weighted by molar-refractivity contribution is -0.116. The van der Waals surface area contributed by atoms with E-state index in [1.54, 1.807) is 13.0 Å². The van der Waals surface area contributed by atoms with Crippen LogP contribution in [0.4, 0.5) is 5.69 Å². The van der Waals surface area contributed by atoms with E-state index in [4.69, 9.17) is 5.73 Å². The maximum Gasteiger partial charge on any atom is 0.240 e. The maximum absolute atomic E-state index is 12.2. The number of hydrogen-bond donors (Lipinski definition) is 3. The molecule has 7 heteroatoms. The number of carbonyl (C=O) groups is 1. The molecule has 0 spiro atoms. The van der Waals surface area contributed by atoms with E-state index in [1.807, 2.05) is 6.92 Å². The van der Waals surface area contributed by atoms with Gasteiger partial charge in [0, 0.05) is 18.3 Å². The summed E-state index contributed by atoms with van der Waals surface area (Å²) in [5.41, 5.74) is 7.09. The van der Waals surface area contributed by atoms with Gasteiger partial charge in [-0.05, 0) is 37.1 Å². The quantitative estimate of drug-likeness (QED) is 0.746. The number of fused-ring (bicyclic) bond motifs is 1. The highest BCUT2D eigenvalue weighted by Crippen LogP contribution is 2.33. The van der Waals surface area contributed by atoms with Gasteiger partial charge in [0.2, 0.25) is 15.9 Å². The zero-order chi connectivity index (χ0) is 14.9. The monoisotopic (exact) mass is 297 g/mol. The molecule has 6 nitrogen and oxygen atoms in total. The third kappa shape index (κ3) is 2.84. The SMILES string of the molecule is CCC(N)CNS(=O)(=O)c1ccc2c(c1)C(C)C(=O)N2. The molecule has 1 aromatic rings. The second kappa shape index (κ2) is 5.51. The molecule has 0 saturated carbocycles. The third-order valence-electron chi connectivity index (χ3n) is 3.51. The Kier molecular flexibility index (Phi) is 4.12. The summed E-state index contributed by atoms with van der Waals surface area (Å²) in [5.74, 6) is -0.450. The number of anilines is 1. The summed E-state index contributed by atoms with van der Waals surface area (Å²) in [6.07, 6.45) is 0.697. The Morgan fingerprint density at radius 3 is 2.80 bits per heavy atom. The van der Waals surface area contributed by atoms with Gasteiger partial charge in [0.15, 0.2) is 0 Å². The highest BCUT2D eigenvalue weighted by molar-refractivity contribution is 7.89. The molecule has 0 aliphatic carbocycles. The summed E-state index contributed by atoms with van der Waals surface area (Å²) in [7, 11) is -3.60. The van der Waals surface area contributed by atoms with Gasteiger partial charge in [-0.15, -0.1) is 0 Å². The van der Waals surface area contributed by atoms with Crippen molar-refractivity contribution in [3.05, 3.63) is 23.8 Å². The molecule has 1 heterocycles. The molecule has 0 saturated heterocycles. The van der Waals surface area contributed by atoms with Crippen molar-refractivity contribution in [3.63, 3.8) is 0 Å². The predicted octanol–water partition coefficient (Wildman–Crippen LogP) is 0.758. The molecule has 0 bridgehead atoms. The van der Waals surface area contributed by atoms with Gasteiger partial charge >= 0.3 is 0 Å². The van der Waals surface area contributed by atoms with Crippen molar-refractivity contribution >= 4 is 21.6 Å². The van der Waals surface area contributed by atoms with Crippen molar-refractivity contribution in [2.24, 2.45) is 5.73 Å². The minimum Gasteiger partial charge on any atom is -0.327 e. The first-order valence-electron chi connectivity index (χ1n) is 6.55. The second-order valence-corrected chi connectivity index (χ2v) is 6.75. The van der Waals surface area contributed by atoms with E-state index in [0.29, 0.717) is 17.7 Å². The van der Waals surface area contributed by atoms with Gasteiger partial charge in [0.05, 0.1) is 10.8 Å². The number of rotatable bonds is 5. The van der Waals surface area contributed by atoms with Gasteiger partial charge in [-0.2, -0.15) is 0 Å². The van der Waals surface area contributed by atoms with Crippen LogP contribution in [-0.2, 0) is 14.8 Å². The average Bonchev–Trinajstić information content (AvgIpc) is 2.71. The molecule has 110 valence electrons. The second-order valence-electron chi connectivity index (χ2n) is 4.98. The molecule has 0 aromatic heterocycles. The molecule has 20 heavy (non-hydrogen) atoms. The summed E-state index contributed by atoms with van der Waals surface area (Å²) in [6, 6.07) is 4.43. The van der Waals surface area contributed by atoms with E-state index in [0.717, 1.165) is 0 Å². The fourth-order valence-corrected chi connectivity index (χ4v) is 3.14. The van der Waals surface area contributed by atoms with E-state index < -0.39 is 10.0 Å². The summed E-state index contributed by atoms with van der Waals surface area (Å²) in [4.78, 5) is 11.7. The van der Waals surface area contributed by atoms with Crippen LogP contribution in [0, 0.1) is 0 Å². The van der Waals surface area contributed by atoms with Gasteiger partial charge in [-0.3, -0.25) is 4.79 Å². The standard InChI is InChI=1S/C13H19N3O3S/c1-3-9(14)7-15-20(18,19)10-4-5-12-11(6-10)8(2)13(17)16-12/h4-6,8-9,15H,3,7,14H2,1-2H3,(H,16,17). The fourth-order valence-electron chi connectivity index (χ4n) is 2.01. The molecule has 2 rings (SSSR count). The summed E-state index contributed by atoms with van der Waals surface area (Å²) in [6.45, 7) is 3.84. The molecule has 0 radical (unpaired) electrons. The molecule has 2 unspecified atom stereocenters. The normalized spacial score (nSPS) is 19.6. The number of benzene rings is 1. The van der Waals surface area contributed by atoms with Crippen molar-refractivity contribution in [2.45, 2.75) is 37.1 Å². The van der Waals surface area contributed by atoms with Crippen molar-refractivity contribution in [1.29, 1.82) is 0 Å². The Bertz CT molecular complexity index is 628. The zero-order valence-corrected chi connectivity index (χ0v) is 12.3. The summed E-state index contributed by atoms with van der Waals surface area (Å²) < 4.78 is 26.8. The molecule has 2 atom stereocenters. The van der Waals surface area contributed by atoms with Crippen LogP contribution in [-0.4, -0.2) is 26.9 Å². The van der Waals surface area contributed by atoms with Crippen LogP contribution < -0.4 is 15.8 Å². The maximum atomic E-state index is 12.2. The van der Waals surface area contributed by atoms with Crippen molar-refractivity contribution < 1.29 is 13.2 Å².